The number of carbonyl (C=O) groups is 2. The van der Waals surface area contributed by atoms with Gasteiger partial charge in [-0.3, -0.25) is 9.59 Å². The van der Waals surface area contributed by atoms with Gasteiger partial charge in [0.15, 0.2) is 5.92 Å². The van der Waals surface area contributed by atoms with E-state index in [-0.39, 0.29) is 0 Å². The van der Waals surface area contributed by atoms with Crippen molar-refractivity contribution in [3.63, 3.8) is 0 Å². The average Bonchev–Trinajstić information content (AvgIpc) is 2.61. The molecule has 0 radical (unpaired) electrons. The Morgan fingerprint density at radius 2 is 2.00 bits per heavy atom. The molecule has 0 aromatic heterocycles. The highest BCUT2D eigenvalue weighted by Crippen LogP contribution is 2.21. The summed E-state index contributed by atoms with van der Waals surface area (Å²) in [7, 11) is 0. The van der Waals surface area contributed by atoms with Gasteiger partial charge in [-0.1, -0.05) is 0 Å². The van der Waals surface area contributed by atoms with Crippen LogP contribution >= 0.6 is 0 Å². The van der Waals surface area contributed by atoms with Crippen molar-refractivity contribution in [2.75, 3.05) is 5.01 Å². The Labute approximate surface area is 89.8 Å². The first kappa shape index (κ1) is 10.3. The van der Waals surface area contributed by atoms with Crippen LogP contribution in [0.25, 0.3) is 0 Å². The van der Waals surface area contributed by atoms with Gasteiger partial charge in [-0.2, -0.15) is 10.1 Å². The summed E-state index contributed by atoms with van der Waals surface area (Å²) >= 11 is 0. The van der Waals surface area contributed by atoms with Crippen molar-refractivity contribution >= 4 is 23.8 Å². The molecule has 0 bridgehead atoms. The Morgan fingerprint density at radius 1 is 1.38 bits per heavy atom. The van der Waals surface area contributed by atoms with Gasteiger partial charge in [0.2, 0.25) is 0 Å². The second-order valence-electron chi connectivity index (χ2n) is 3.21. The highest BCUT2D eigenvalue weighted by molar-refractivity contribution is 6.19. The third-order valence-corrected chi connectivity index (χ3v) is 2.14. The van der Waals surface area contributed by atoms with E-state index in [1.165, 1.54) is 24.3 Å². The molecule has 82 valence electrons. The first-order valence-corrected chi connectivity index (χ1v) is 4.46. The number of hydrazone groups is 1. The molecule has 5 nitrogen and oxygen atoms in total. The van der Waals surface area contributed by atoms with E-state index in [4.69, 9.17) is 5.11 Å². The summed E-state index contributed by atoms with van der Waals surface area (Å²) in [6.07, 6.45) is 1.05. The maximum Gasteiger partial charge on any atom is 0.321 e. The maximum absolute atomic E-state index is 12.6. The lowest BCUT2D eigenvalue weighted by Crippen LogP contribution is -2.30. The van der Waals surface area contributed by atoms with Crippen molar-refractivity contribution in [3.05, 3.63) is 30.1 Å². The number of nitrogens with zero attached hydrogens (tertiary/aromatic N) is 2. The van der Waals surface area contributed by atoms with E-state index in [0.717, 1.165) is 11.2 Å². The fourth-order valence-electron chi connectivity index (χ4n) is 1.33. The lowest BCUT2D eigenvalue weighted by Gasteiger charge is -2.12. The molecule has 0 saturated carbocycles. The van der Waals surface area contributed by atoms with Gasteiger partial charge < -0.3 is 5.11 Å². The van der Waals surface area contributed by atoms with Crippen LogP contribution in [0, 0.1) is 11.7 Å². The van der Waals surface area contributed by atoms with Crippen LogP contribution in [-0.2, 0) is 9.59 Å². The predicted molar refractivity (Wildman–Crippen MR) is 53.5 cm³/mol. The Kier molecular flexibility index (Phi) is 2.40. The summed E-state index contributed by atoms with van der Waals surface area (Å²) in [5.74, 6) is -3.60. The molecular formula is C10H7FN2O3. The van der Waals surface area contributed by atoms with Crippen LogP contribution < -0.4 is 5.01 Å². The Morgan fingerprint density at radius 3 is 2.50 bits per heavy atom. The minimum atomic E-state index is -1.26. The molecule has 0 aliphatic carbocycles. The molecule has 1 aromatic rings. The number of halogens is 1. The van der Waals surface area contributed by atoms with E-state index in [1.54, 1.807) is 0 Å². The molecule has 1 aliphatic heterocycles. The Bertz CT molecular complexity index is 469. The number of rotatable bonds is 2. The third-order valence-electron chi connectivity index (χ3n) is 2.14. The van der Waals surface area contributed by atoms with E-state index in [1.807, 2.05) is 0 Å². The molecule has 16 heavy (non-hydrogen) atoms. The summed E-state index contributed by atoms with van der Waals surface area (Å²) in [4.78, 5) is 22.2. The summed E-state index contributed by atoms with van der Waals surface area (Å²) < 4.78 is 12.6. The van der Waals surface area contributed by atoms with Crippen LogP contribution in [0.2, 0.25) is 0 Å². The number of amides is 1. The zero-order chi connectivity index (χ0) is 11.7. The number of carboxylic acids is 1. The molecule has 2 rings (SSSR count). The van der Waals surface area contributed by atoms with Crippen molar-refractivity contribution < 1.29 is 19.1 Å². The molecule has 0 saturated heterocycles. The number of hydrogen-bond acceptors (Lipinski definition) is 3. The lowest BCUT2D eigenvalue weighted by atomic mass is 10.1. The van der Waals surface area contributed by atoms with Gasteiger partial charge in [-0.15, -0.1) is 0 Å². The molecule has 0 fully saturated rings. The van der Waals surface area contributed by atoms with Gasteiger partial charge in [-0.25, -0.2) is 4.39 Å². The maximum atomic E-state index is 12.6. The predicted octanol–water partition coefficient (Wildman–Crippen LogP) is 0.859. The smallest absolute Gasteiger partial charge is 0.321 e. The topological polar surface area (TPSA) is 70.0 Å². The van der Waals surface area contributed by atoms with E-state index in [2.05, 4.69) is 5.10 Å². The zero-order valence-electron chi connectivity index (χ0n) is 8.00. The molecule has 1 amide bonds. The molecule has 0 spiro atoms. The summed E-state index contributed by atoms with van der Waals surface area (Å²) in [5.41, 5.74) is 0.339. The standard InChI is InChI=1S/C10H7FN2O3/c11-6-1-3-7(4-2-6)13-9(14)8(5-12-13)10(15)16/h1-5,8H,(H,15,16)/t8-/m0/s1. The highest BCUT2D eigenvalue weighted by Gasteiger charge is 2.34. The number of carbonyl (C=O) groups excluding carboxylic acids is 1. The second kappa shape index (κ2) is 3.73. The summed E-state index contributed by atoms with van der Waals surface area (Å²) in [6, 6.07) is 5.06. The van der Waals surface area contributed by atoms with Crippen molar-refractivity contribution in [2.24, 2.45) is 11.0 Å². The van der Waals surface area contributed by atoms with Crippen LogP contribution in [0.3, 0.4) is 0 Å². The minimum absolute atomic E-state index is 0.339. The van der Waals surface area contributed by atoms with Gasteiger partial charge >= 0.3 is 5.97 Å². The summed E-state index contributed by atoms with van der Waals surface area (Å²) in [6.45, 7) is 0. The third kappa shape index (κ3) is 1.65. The lowest BCUT2D eigenvalue weighted by molar-refractivity contribution is -0.142. The minimum Gasteiger partial charge on any atom is -0.480 e. The molecule has 1 heterocycles. The van der Waals surface area contributed by atoms with Crippen LogP contribution in [0.5, 0.6) is 0 Å². The van der Waals surface area contributed by atoms with E-state index >= 15 is 0 Å². The Hall–Kier alpha value is -2.24. The number of carboxylic acid groups (broad SMARTS) is 1. The van der Waals surface area contributed by atoms with Gasteiger partial charge in [-0.05, 0) is 24.3 Å². The van der Waals surface area contributed by atoms with Crippen LogP contribution in [0.15, 0.2) is 29.4 Å². The number of aliphatic carboxylic acids is 1. The molecule has 1 N–H and O–H groups in total. The van der Waals surface area contributed by atoms with E-state index in [9.17, 15) is 14.0 Å². The molecule has 6 heteroatoms. The van der Waals surface area contributed by atoms with Gasteiger partial charge in [0.1, 0.15) is 5.82 Å². The highest BCUT2D eigenvalue weighted by atomic mass is 19.1. The number of benzene rings is 1. The van der Waals surface area contributed by atoms with E-state index < -0.39 is 23.6 Å². The van der Waals surface area contributed by atoms with Gasteiger partial charge in [0.05, 0.1) is 5.69 Å². The molecule has 1 atom stereocenters. The van der Waals surface area contributed by atoms with Crippen LogP contribution in [-0.4, -0.2) is 23.2 Å². The zero-order valence-corrected chi connectivity index (χ0v) is 8.00. The monoisotopic (exact) mass is 222 g/mol. The Balaban J connectivity index is 2.25. The van der Waals surface area contributed by atoms with Crippen LogP contribution in [0.1, 0.15) is 0 Å². The fourth-order valence-corrected chi connectivity index (χ4v) is 1.33. The van der Waals surface area contributed by atoms with Crippen LogP contribution in [0.4, 0.5) is 10.1 Å². The number of anilines is 1. The van der Waals surface area contributed by atoms with Crippen molar-refractivity contribution in [2.45, 2.75) is 0 Å². The molecule has 0 unspecified atom stereocenters. The van der Waals surface area contributed by atoms with Crippen molar-refractivity contribution in [1.29, 1.82) is 0 Å². The first-order chi connectivity index (χ1) is 7.59. The van der Waals surface area contributed by atoms with Gasteiger partial charge in [0.25, 0.3) is 5.91 Å². The quantitative estimate of drug-likeness (QED) is 0.754. The molecular weight excluding hydrogens is 215 g/mol. The fraction of sp³-hybridized carbons (Fsp3) is 0.100. The summed E-state index contributed by atoms with van der Waals surface area (Å²) in [5, 5.41) is 13.3. The normalized spacial score (nSPS) is 19.2. The SMILES string of the molecule is O=C(O)[C@H]1C=NN(c2ccc(F)cc2)C1=O. The average molecular weight is 222 g/mol. The van der Waals surface area contributed by atoms with Crippen molar-refractivity contribution in [1.82, 2.24) is 0 Å². The molecule has 1 aliphatic rings. The van der Waals surface area contributed by atoms with Gasteiger partial charge in [0, 0.05) is 6.21 Å². The second-order valence-corrected chi connectivity index (χ2v) is 3.21. The van der Waals surface area contributed by atoms with E-state index in [0.29, 0.717) is 5.69 Å². The molecule has 1 aromatic carbocycles. The largest absolute Gasteiger partial charge is 0.480 e. The number of hydrogen-bond donors (Lipinski definition) is 1. The van der Waals surface area contributed by atoms with Crippen molar-refractivity contribution in [3.8, 4) is 0 Å². The first-order valence-electron chi connectivity index (χ1n) is 4.46.